The first-order valence-corrected chi connectivity index (χ1v) is 13.8. The normalized spacial score (nSPS) is 12.6. The zero-order valence-electron chi connectivity index (χ0n) is 17.7. The number of hydrogen-bond acceptors (Lipinski definition) is 4. The van der Waals surface area contributed by atoms with E-state index in [9.17, 15) is 16.8 Å². The van der Waals surface area contributed by atoms with Gasteiger partial charge in [-0.2, -0.15) is 8.61 Å². The molecule has 0 fully saturated rings. The number of halogens is 2. The van der Waals surface area contributed by atoms with E-state index < -0.39 is 20.0 Å². The molecule has 0 bridgehead atoms. The molecule has 0 radical (unpaired) electrons. The molecule has 2 aromatic rings. The molecular formula is C21H28Cl2N2O4S2. The summed E-state index contributed by atoms with van der Waals surface area (Å²) < 4.78 is 54.6. The van der Waals surface area contributed by atoms with Crippen LogP contribution in [0.1, 0.15) is 17.5 Å². The lowest BCUT2D eigenvalue weighted by atomic mass is 10.2. The lowest BCUT2D eigenvalue weighted by Crippen LogP contribution is -2.38. The van der Waals surface area contributed by atoms with Crippen molar-refractivity contribution in [3.05, 3.63) is 59.7 Å². The summed E-state index contributed by atoms with van der Waals surface area (Å²) in [5, 5.41) is 0. The summed E-state index contributed by atoms with van der Waals surface area (Å²) in [6.45, 7) is 4.33. The van der Waals surface area contributed by atoms with Crippen molar-refractivity contribution in [1.29, 1.82) is 0 Å². The van der Waals surface area contributed by atoms with Crippen molar-refractivity contribution in [2.24, 2.45) is 0 Å². The molecule has 0 spiro atoms. The second-order valence-electron chi connectivity index (χ2n) is 7.17. The molecule has 0 N–H and O–H groups in total. The molecule has 0 saturated carbocycles. The maximum absolute atomic E-state index is 13.0. The predicted molar refractivity (Wildman–Crippen MR) is 126 cm³/mol. The van der Waals surface area contributed by atoms with Gasteiger partial charge in [0, 0.05) is 37.9 Å². The van der Waals surface area contributed by atoms with Gasteiger partial charge in [0.05, 0.1) is 9.79 Å². The molecule has 6 nitrogen and oxygen atoms in total. The second-order valence-corrected chi connectivity index (χ2v) is 11.8. The lowest BCUT2D eigenvalue weighted by Gasteiger charge is -2.25. The van der Waals surface area contributed by atoms with E-state index in [1.54, 1.807) is 48.5 Å². The number of benzene rings is 2. The van der Waals surface area contributed by atoms with Crippen molar-refractivity contribution in [3.8, 4) is 0 Å². The van der Waals surface area contributed by atoms with Crippen LogP contribution in [-0.2, 0) is 20.0 Å². The van der Waals surface area contributed by atoms with Crippen LogP contribution in [0.2, 0.25) is 0 Å². The predicted octanol–water partition coefficient (Wildman–Crippen LogP) is 3.85. The summed E-state index contributed by atoms with van der Waals surface area (Å²) in [5.41, 5.74) is 1.92. The van der Waals surface area contributed by atoms with Gasteiger partial charge >= 0.3 is 0 Å². The molecule has 0 aliphatic carbocycles. The Labute approximate surface area is 195 Å². The minimum absolute atomic E-state index is 0.137. The van der Waals surface area contributed by atoms with E-state index in [2.05, 4.69) is 0 Å². The van der Waals surface area contributed by atoms with Gasteiger partial charge in [0.2, 0.25) is 20.0 Å². The zero-order valence-corrected chi connectivity index (χ0v) is 20.8. The third-order valence-corrected chi connectivity index (χ3v) is 8.96. The summed E-state index contributed by atoms with van der Waals surface area (Å²) >= 11 is 11.7. The smallest absolute Gasteiger partial charge is 0.207 e. The summed E-state index contributed by atoms with van der Waals surface area (Å²) in [4.78, 5) is 0.376. The van der Waals surface area contributed by atoms with E-state index >= 15 is 0 Å². The topological polar surface area (TPSA) is 74.8 Å². The number of rotatable bonds is 12. The maximum atomic E-state index is 13.0. The molecule has 0 aromatic heterocycles. The van der Waals surface area contributed by atoms with Crippen LogP contribution in [0.25, 0.3) is 0 Å². The van der Waals surface area contributed by atoms with E-state index in [0.717, 1.165) is 11.1 Å². The second kappa shape index (κ2) is 11.6. The number of nitrogens with zero attached hydrogens (tertiary/aromatic N) is 2. The molecular weight excluding hydrogens is 479 g/mol. The van der Waals surface area contributed by atoms with Crippen LogP contribution in [0, 0.1) is 13.8 Å². The minimum atomic E-state index is -3.73. The molecule has 0 saturated heterocycles. The van der Waals surface area contributed by atoms with Gasteiger partial charge < -0.3 is 0 Å². The van der Waals surface area contributed by atoms with Crippen molar-refractivity contribution in [1.82, 2.24) is 8.61 Å². The van der Waals surface area contributed by atoms with Crippen LogP contribution >= 0.6 is 23.2 Å². The van der Waals surface area contributed by atoms with Gasteiger partial charge in [0.15, 0.2) is 0 Å². The highest BCUT2D eigenvalue weighted by atomic mass is 35.5. The number of alkyl halides is 2. The fourth-order valence-corrected chi connectivity index (χ4v) is 6.60. The standard InChI is InChI=1S/C21H28Cl2N2O4S2/c1-18-4-8-20(9-5-18)30(26,27)24(16-12-22)14-3-15-25(17-13-23)31(28,29)21-10-6-19(2)7-11-21/h4-11H,3,12-17H2,1-2H3. The van der Waals surface area contributed by atoms with Crippen molar-refractivity contribution in [2.75, 3.05) is 37.9 Å². The van der Waals surface area contributed by atoms with E-state index in [0.29, 0.717) is 6.42 Å². The molecule has 0 aliphatic rings. The van der Waals surface area contributed by atoms with Gasteiger partial charge in [-0.25, -0.2) is 16.8 Å². The first-order valence-electron chi connectivity index (χ1n) is 9.88. The maximum Gasteiger partial charge on any atom is 0.243 e. The van der Waals surface area contributed by atoms with Crippen LogP contribution in [0.3, 0.4) is 0 Å². The SMILES string of the molecule is Cc1ccc(S(=O)(=O)N(CCCl)CCCN(CCCl)S(=O)(=O)c2ccc(C)cc2)cc1. The van der Waals surface area contributed by atoms with Crippen molar-refractivity contribution < 1.29 is 16.8 Å². The largest absolute Gasteiger partial charge is 0.243 e. The Bertz CT molecular complexity index is 956. The van der Waals surface area contributed by atoms with E-state index in [1.807, 2.05) is 13.8 Å². The van der Waals surface area contributed by atoms with Crippen molar-refractivity contribution in [3.63, 3.8) is 0 Å². The average Bonchev–Trinajstić information content (AvgIpc) is 2.73. The van der Waals surface area contributed by atoms with Crippen LogP contribution in [-0.4, -0.2) is 63.4 Å². The molecule has 0 amide bonds. The number of aryl methyl sites for hydroxylation is 2. The molecule has 10 heteroatoms. The van der Waals surface area contributed by atoms with Crippen molar-refractivity contribution >= 4 is 43.2 Å². The summed E-state index contributed by atoms with van der Waals surface area (Å²) in [5.74, 6) is 0.274. The molecule has 0 aliphatic heterocycles. The zero-order chi connectivity index (χ0) is 23.1. The highest BCUT2D eigenvalue weighted by Crippen LogP contribution is 2.19. The number of hydrogen-bond donors (Lipinski definition) is 0. The quantitative estimate of drug-likeness (QED) is 0.409. The molecule has 0 unspecified atom stereocenters. The lowest BCUT2D eigenvalue weighted by molar-refractivity contribution is 0.375. The van der Waals surface area contributed by atoms with Gasteiger partial charge in [-0.05, 0) is 44.5 Å². The monoisotopic (exact) mass is 506 g/mol. The molecule has 0 atom stereocenters. The summed E-state index contributed by atoms with van der Waals surface area (Å²) in [7, 11) is -7.46. The Hall–Kier alpha value is -1.16. The Balaban J connectivity index is 2.15. The Morgan fingerprint density at radius 1 is 0.613 bits per heavy atom. The summed E-state index contributed by atoms with van der Waals surface area (Å²) in [6.07, 6.45) is 0.309. The molecule has 2 rings (SSSR count). The molecule has 2 aromatic carbocycles. The minimum Gasteiger partial charge on any atom is -0.207 e. The van der Waals surface area contributed by atoms with Crippen LogP contribution in [0.5, 0.6) is 0 Å². The number of sulfonamides is 2. The highest BCUT2D eigenvalue weighted by molar-refractivity contribution is 7.89. The van der Waals surface area contributed by atoms with Gasteiger partial charge in [0.25, 0.3) is 0 Å². The van der Waals surface area contributed by atoms with Gasteiger partial charge in [0.1, 0.15) is 0 Å². The van der Waals surface area contributed by atoms with E-state index in [1.165, 1.54) is 8.61 Å². The van der Waals surface area contributed by atoms with E-state index in [4.69, 9.17) is 23.2 Å². The molecule has 0 heterocycles. The third-order valence-electron chi connectivity index (χ3n) is 4.80. The molecule has 172 valence electrons. The fourth-order valence-electron chi connectivity index (χ4n) is 3.03. The van der Waals surface area contributed by atoms with Gasteiger partial charge in [-0.15, -0.1) is 23.2 Å². The summed E-state index contributed by atoms with van der Waals surface area (Å²) in [6, 6.07) is 13.2. The first-order chi connectivity index (χ1) is 14.6. The van der Waals surface area contributed by atoms with Gasteiger partial charge in [-0.1, -0.05) is 35.4 Å². The first kappa shape index (κ1) is 26.1. The van der Waals surface area contributed by atoms with Crippen LogP contribution < -0.4 is 0 Å². The Kier molecular flexibility index (Phi) is 9.79. The Morgan fingerprint density at radius 3 is 1.23 bits per heavy atom. The van der Waals surface area contributed by atoms with Crippen LogP contribution in [0.15, 0.2) is 58.3 Å². The van der Waals surface area contributed by atoms with Gasteiger partial charge in [-0.3, -0.25) is 0 Å². The third kappa shape index (κ3) is 6.91. The van der Waals surface area contributed by atoms with Crippen molar-refractivity contribution in [2.45, 2.75) is 30.1 Å². The molecule has 31 heavy (non-hydrogen) atoms. The Morgan fingerprint density at radius 2 is 0.935 bits per heavy atom. The highest BCUT2D eigenvalue weighted by Gasteiger charge is 2.26. The van der Waals surface area contributed by atoms with Crippen LogP contribution in [0.4, 0.5) is 0 Å². The van der Waals surface area contributed by atoms with E-state index in [-0.39, 0.29) is 47.7 Å². The fraction of sp³-hybridized carbons (Fsp3) is 0.429. The average molecular weight is 508 g/mol.